The van der Waals surface area contributed by atoms with Gasteiger partial charge >= 0.3 is 0 Å². The van der Waals surface area contributed by atoms with Gasteiger partial charge in [0.25, 0.3) is 10.0 Å². The Hall–Kier alpha value is -2.02. The molecule has 1 heterocycles. The van der Waals surface area contributed by atoms with Gasteiger partial charge in [-0.3, -0.25) is 4.31 Å². The number of carbonyl (C=O) groups excluding carboxylic acids is 1. The number of sulfonamides is 1. The molecule has 0 spiro atoms. The summed E-state index contributed by atoms with van der Waals surface area (Å²) in [5, 5.41) is 0. The van der Waals surface area contributed by atoms with Gasteiger partial charge in [0, 0.05) is 39.1 Å². The normalized spacial score (nSPS) is 15.0. The summed E-state index contributed by atoms with van der Waals surface area (Å²) in [5.74, 6) is -0.907. The zero-order valence-corrected chi connectivity index (χ0v) is 19.6. The monoisotopic (exact) mass is 481 g/mol. The summed E-state index contributed by atoms with van der Waals surface area (Å²) < 4.78 is 27.6. The molecule has 147 valence electrons. The molecule has 0 saturated carbocycles. The first-order chi connectivity index (χ1) is 13.0. The summed E-state index contributed by atoms with van der Waals surface area (Å²) in [7, 11) is -3.95. The molecule has 1 aliphatic heterocycles. The van der Waals surface area contributed by atoms with Crippen molar-refractivity contribution in [3.63, 3.8) is 0 Å². The number of benzene rings is 3. The molecule has 0 fully saturated rings. The van der Waals surface area contributed by atoms with Gasteiger partial charge < -0.3 is 18.0 Å². The first-order valence-electron chi connectivity index (χ1n) is 8.52. The number of carbonyl (C=O) groups is 1. The van der Waals surface area contributed by atoms with Gasteiger partial charge in [0.2, 0.25) is 0 Å². The number of hydrogen-bond acceptors (Lipinski definition) is 3. The molecule has 29 heavy (non-hydrogen) atoms. The summed E-state index contributed by atoms with van der Waals surface area (Å²) >= 11 is 0. The zero-order chi connectivity index (χ0) is 19.0. The number of anilines is 1. The summed E-state index contributed by atoms with van der Waals surface area (Å²) in [6, 6.07) is 22.2. The van der Waals surface area contributed by atoms with Gasteiger partial charge in [0.1, 0.15) is 0 Å². The van der Waals surface area contributed by atoms with Crippen molar-refractivity contribution in [3.05, 3.63) is 97.6 Å². The van der Waals surface area contributed by atoms with Crippen LogP contribution in [0.3, 0.4) is 0 Å². The molecule has 7 heteroatoms. The van der Waals surface area contributed by atoms with Crippen LogP contribution in [0.2, 0.25) is 0 Å². The Labute approximate surface area is 196 Å². The predicted octanol–water partition coefficient (Wildman–Crippen LogP) is 4.50. The van der Waals surface area contributed by atoms with E-state index in [1.54, 1.807) is 48.5 Å². The third-order valence-electron chi connectivity index (χ3n) is 4.75. The quantitative estimate of drug-likeness (QED) is 0.515. The molecule has 1 aliphatic rings. The number of amides is 1. The second-order valence-electron chi connectivity index (χ2n) is 6.40. The molecular weight excluding hydrogens is 461 g/mol. The predicted molar refractivity (Wildman–Crippen MR) is 111 cm³/mol. The van der Waals surface area contributed by atoms with Crippen LogP contribution in [0.4, 0.5) is 5.69 Å². The molecule has 1 N–H and O–H groups in total. The van der Waals surface area contributed by atoms with Crippen molar-refractivity contribution in [2.24, 2.45) is 0 Å². The van der Waals surface area contributed by atoms with E-state index in [9.17, 15) is 13.2 Å². The summed E-state index contributed by atoms with van der Waals surface area (Å²) in [5.41, 5.74) is 10.6. The van der Waals surface area contributed by atoms with Crippen LogP contribution < -0.4 is 4.31 Å². The van der Waals surface area contributed by atoms with Crippen molar-refractivity contribution in [1.29, 1.82) is 0 Å². The first-order valence-corrected chi connectivity index (χ1v) is 9.96. The average Bonchev–Trinajstić information content (AvgIpc) is 3.09. The van der Waals surface area contributed by atoms with Gasteiger partial charge in [-0.2, -0.15) is 0 Å². The summed E-state index contributed by atoms with van der Waals surface area (Å²) in [4.78, 5) is 11.9. The molecule has 5 nitrogen and oxygen atoms in total. The van der Waals surface area contributed by atoms with Gasteiger partial charge in [0.15, 0.2) is 0 Å². The van der Waals surface area contributed by atoms with Crippen LogP contribution in [0.5, 0.6) is 0 Å². The van der Waals surface area contributed by atoms with E-state index in [-0.39, 0.29) is 51.5 Å². The maximum absolute atomic E-state index is 13.3. The maximum Gasteiger partial charge on any atom is 0.264 e. The number of rotatable bonds is 4. The second-order valence-corrected chi connectivity index (χ2v) is 8.22. The van der Waals surface area contributed by atoms with Gasteiger partial charge in [-0.15, -0.1) is 0 Å². The molecule has 1 radical (unpaired) electrons. The number of nitrogens with zero attached hydrogens (tertiary/aromatic N) is 1. The van der Waals surface area contributed by atoms with Crippen molar-refractivity contribution >= 4 is 21.6 Å². The molecule has 0 aromatic heterocycles. The van der Waals surface area contributed by atoms with Crippen LogP contribution >= 0.6 is 0 Å². The topological polar surface area (TPSA) is 78.2 Å². The van der Waals surface area contributed by atoms with Crippen LogP contribution in [0, 0.1) is 7.43 Å². The van der Waals surface area contributed by atoms with Crippen LogP contribution in [-0.4, -0.2) is 20.4 Å². The maximum atomic E-state index is 13.3. The molecule has 3 aromatic carbocycles. The fourth-order valence-corrected chi connectivity index (χ4v) is 5.07. The molecule has 3 aromatic rings. The second kappa shape index (κ2) is 9.20. The van der Waals surface area contributed by atoms with E-state index in [4.69, 9.17) is 5.73 Å². The largest absolute Gasteiger partial charge is 0.666 e. The first kappa shape index (κ1) is 23.3. The van der Waals surface area contributed by atoms with Crippen molar-refractivity contribution in [3.8, 4) is 11.1 Å². The van der Waals surface area contributed by atoms with Gasteiger partial charge in [-0.25, -0.2) is 8.42 Å². The van der Waals surface area contributed by atoms with Gasteiger partial charge in [0.05, 0.1) is 22.5 Å². The standard InChI is InChI=1S/C21H18N2O3S.CH3.Y/c22-21(24)20-14-17-8-4-5-9-19(17)23(20)27(25,26)18-12-10-16(11-13-18)15-6-2-1-3-7-15;;/h1-13,20H,14H2,(H2,22,24);1H3;/q;-1;/p-1. The molecule has 0 bridgehead atoms. The Morgan fingerprint density at radius 2 is 1.41 bits per heavy atom. The fraction of sp³-hybridized carbons (Fsp3) is 0.0909. The Balaban J connectivity index is 0.00000150. The number of nitrogens with one attached hydrogen (secondary N) is 1. The fourth-order valence-electron chi connectivity index (χ4n) is 3.42. The molecular formula is C22H20N2O3SY-2. The Morgan fingerprint density at radius 3 is 2.03 bits per heavy atom. The van der Waals surface area contributed by atoms with E-state index in [1.807, 2.05) is 30.3 Å². The van der Waals surface area contributed by atoms with Gasteiger partial charge in [-0.05, 0) is 34.9 Å². The Kier molecular flexibility index (Phi) is 7.38. The van der Waals surface area contributed by atoms with E-state index in [0.29, 0.717) is 5.69 Å². The van der Waals surface area contributed by atoms with E-state index in [1.165, 1.54) is 0 Å². The minimum absolute atomic E-state index is 0. The van der Waals surface area contributed by atoms with E-state index in [0.717, 1.165) is 21.0 Å². The van der Waals surface area contributed by atoms with Crippen molar-refractivity contribution < 1.29 is 45.9 Å². The summed E-state index contributed by atoms with van der Waals surface area (Å²) in [6.07, 6.45) is 0.222. The molecule has 1 unspecified atom stereocenters. The van der Waals surface area contributed by atoms with Crippen LogP contribution in [-0.2, 0) is 53.9 Å². The van der Waals surface area contributed by atoms with Crippen molar-refractivity contribution in [2.75, 3.05) is 4.31 Å². The molecule has 4 rings (SSSR count). The molecule has 1 amide bonds. The average molecular weight is 481 g/mol. The minimum atomic E-state index is -3.95. The van der Waals surface area contributed by atoms with Crippen molar-refractivity contribution in [2.45, 2.75) is 17.4 Å². The van der Waals surface area contributed by atoms with Gasteiger partial charge in [-0.1, -0.05) is 60.7 Å². The molecule has 0 saturated heterocycles. The van der Waals surface area contributed by atoms with E-state index in [2.05, 4.69) is 0 Å². The summed E-state index contributed by atoms with van der Waals surface area (Å²) in [6.45, 7) is 0. The minimum Gasteiger partial charge on any atom is -0.666 e. The van der Waals surface area contributed by atoms with Crippen LogP contribution in [0.15, 0.2) is 83.8 Å². The zero-order valence-electron chi connectivity index (χ0n) is 15.9. The Bertz CT molecular complexity index is 1100. The number of fused-ring (bicyclic) bond motifs is 1. The van der Waals surface area contributed by atoms with E-state index < -0.39 is 22.0 Å². The molecule has 1 atom stereocenters. The number of hydrogen-bond donors (Lipinski definition) is 0. The third-order valence-corrected chi connectivity index (χ3v) is 6.58. The SMILES string of the molecule is [CH3-].[NH-]C(=O)C1Cc2ccccc2N1S(=O)(=O)c1ccc(-c2ccccc2)cc1.[Y]. The van der Waals surface area contributed by atoms with Crippen LogP contribution in [0.1, 0.15) is 5.56 Å². The smallest absolute Gasteiger partial charge is 0.264 e. The Morgan fingerprint density at radius 1 is 0.862 bits per heavy atom. The third kappa shape index (κ3) is 4.30. The van der Waals surface area contributed by atoms with Crippen molar-refractivity contribution in [1.82, 2.24) is 0 Å². The van der Waals surface area contributed by atoms with Crippen LogP contribution in [0.25, 0.3) is 16.9 Å². The van der Waals surface area contributed by atoms with E-state index >= 15 is 0 Å². The molecule has 0 aliphatic carbocycles. The number of para-hydroxylation sites is 1.